The Morgan fingerprint density at radius 3 is 2.87 bits per heavy atom. The van der Waals surface area contributed by atoms with Crippen LogP contribution in [-0.2, 0) is 11.2 Å². The number of hydrogen-bond acceptors (Lipinski definition) is 4. The Balaban J connectivity index is 1.39. The Morgan fingerprint density at radius 2 is 2.09 bits per heavy atom. The molecule has 2 atom stereocenters. The zero-order valence-corrected chi connectivity index (χ0v) is 13.2. The molecule has 1 aromatic carbocycles. The van der Waals surface area contributed by atoms with Gasteiger partial charge >= 0.3 is 0 Å². The highest BCUT2D eigenvalue weighted by Gasteiger charge is 2.22. The number of carbonyl (C=O) groups is 1. The monoisotopic (exact) mass is 311 g/mol. The number of amides is 1. The second-order valence-electron chi connectivity index (χ2n) is 5.74. The molecule has 0 radical (unpaired) electrons. The minimum absolute atomic E-state index is 0.0222. The van der Waals surface area contributed by atoms with E-state index in [1.165, 1.54) is 5.56 Å². The normalized spacial score (nSPS) is 17.2. The smallest absolute Gasteiger partial charge is 0.234 e. The van der Waals surface area contributed by atoms with Crippen LogP contribution in [0.25, 0.3) is 0 Å². The molecule has 5 heteroatoms. The number of para-hydroxylation sites is 1. The van der Waals surface area contributed by atoms with Crippen molar-refractivity contribution in [1.82, 2.24) is 15.6 Å². The number of ether oxygens (including phenoxy) is 1. The zero-order chi connectivity index (χ0) is 16.1. The van der Waals surface area contributed by atoms with Gasteiger partial charge in [0.2, 0.25) is 5.91 Å². The summed E-state index contributed by atoms with van der Waals surface area (Å²) in [5.41, 5.74) is 2.32. The van der Waals surface area contributed by atoms with Gasteiger partial charge in [0.15, 0.2) is 0 Å². The van der Waals surface area contributed by atoms with Gasteiger partial charge in [-0.05, 0) is 36.2 Å². The van der Waals surface area contributed by atoms with E-state index in [0.717, 1.165) is 17.7 Å². The van der Waals surface area contributed by atoms with E-state index in [1.54, 1.807) is 12.4 Å². The van der Waals surface area contributed by atoms with E-state index in [9.17, 15) is 4.79 Å². The van der Waals surface area contributed by atoms with Gasteiger partial charge in [-0.2, -0.15) is 0 Å². The fourth-order valence-corrected chi connectivity index (χ4v) is 2.67. The SMILES string of the molecule is C[C@@H](NCC(=O)NC[C@@H]1Cc2ccccc2O1)c1ccncc1. The maximum Gasteiger partial charge on any atom is 0.234 e. The molecule has 5 nitrogen and oxygen atoms in total. The Labute approximate surface area is 136 Å². The van der Waals surface area contributed by atoms with Gasteiger partial charge in [0.05, 0.1) is 13.1 Å². The van der Waals surface area contributed by atoms with Crippen molar-refractivity contribution < 1.29 is 9.53 Å². The Kier molecular flexibility index (Phi) is 4.88. The number of pyridine rings is 1. The first-order chi connectivity index (χ1) is 11.2. The van der Waals surface area contributed by atoms with Crippen molar-refractivity contribution in [3.63, 3.8) is 0 Å². The molecule has 2 aromatic rings. The predicted molar refractivity (Wildman–Crippen MR) is 88.2 cm³/mol. The summed E-state index contributed by atoms with van der Waals surface area (Å²) in [5.74, 6) is 0.904. The molecule has 120 valence electrons. The molecule has 0 aliphatic carbocycles. The lowest BCUT2D eigenvalue weighted by Gasteiger charge is -2.15. The lowest BCUT2D eigenvalue weighted by molar-refractivity contribution is -0.120. The van der Waals surface area contributed by atoms with E-state index >= 15 is 0 Å². The van der Waals surface area contributed by atoms with Gasteiger partial charge in [-0.25, -0.2) is 0 Å². The third-order valence-corrected chi connectivity index (χ3v) is 4.02. The molecular formula is C18H21N3O2. The van der Waals surface area contributed by atoms with Gasteiger partial charge in [-0.1, -0.05) is 18.2 Å². The average Bonchev–Trinajstić information content (AvgIpc) is 3.01. The van der Waals surface area contributed by atoms with Crippen molar-refractivity contribution in [1.29, 1.82) is 0 Å². The number of carbonyl (C=O) groups excluding carboxylic acids is 1. The zero-order valence-electron chi connectivity index (χ0n) is 13.2. The fourth-order valence-electron chi connectivity index (χ4n) is 2.67. The van der Waals surface area contributed by atoms with E-state index < -0.39 is 0 Å². The van der Waals surface area contributed by atoms with Crippen LogP contribution in [0.1, 0.15) is 24.1 Å². The highest BCUT2D eigenvalue weighted by molar-refractivity contribution is 5.78. The first-order valence-electron chi connectivity index (χ1n) is 7.87. The van der Waals surface area contributed by atoms with E-state index in [0.29, 0.717) is 6.54 Å². The molecule has 0 spiro atoms. The molecule has 23 heavy (non-hydrogen) atoms. The maximum absolute atomic E-state index is 12.0. The first kappa shape index (κ1) is 15.5. The van der Waals surface area contributed by atoms with Crippen LogP contribution in [0.4, 0.5) is 0 Å². The topological polar surface area (TPSA) is 63.2 Å². The molecule has 2 N–H and O–H groups in total. The van der Waals surface area contributed by atoms with Crippen LogP contribution in [0.15, 0.2) is 48.8 Å². The van der Waals surface area contributed by atoms with Crippen LogP contribution in [-0.4, -0.2) is 30.1 Å². The molecule has 0 saturated heterocycles. The van der Waals surface area contributed by atoms with Crippen LogP contribution in [0.2, 0.25) is 0 Å². The molecular weight excluding hydrogens is 290 g/mol. The summed E-state index contributed by atoms with van der Waals surface area (Å²) < 4.78 is 5.81. The number of nitrogens with zero attached hydrogens (tertiary/aromatic N) is 1. The molecule has 1 aliphatic rings. The van der Waals surface area contributed by atoms with Gasteiger partial charge in [-0.15, -0.1) is 0 Å². The van der Waals surface area contributed by atoms with Gasteiger partial charge in [0.1, 0.15) is 11.9 Å². The lowest BCUT2D eigenvalue weighted by Crippen LogP contribution is -2.40. The Morgan fingerprint density at radius 1 is 1.30 bits per heavy atom. The van der Waals surface area contributed by atoms with Crippen molar-refractivity contribution >= 4 is 5.91 Å². The predicted octanol–water partition coefficient (Wildman–Crippen LogP) is 1.85. The molecule has 1 aliphatic heterocycles. The molecule has 2 heterocycles. The van der Waals surface area contributed by atoms with Crippen molar-refractivity contribution in [2.45, 2.75) is 25.5 Å². The minimum Gasteiger partial charge on any atom is -0.488 e. The maximum atomic E-state index is 12.0. The van der Waals surface area contributed by atoms with Crippen LogP contribution >= 0.6 is 0 Å². The number of hydrogen-bond donors (Lipinski definition) is 2. The molecule has 0 fully saturated rings. The first-order valence-corrected chi connectivity index (χ1v) is 7.87. The molecule has 0 bridgehead atoms. The number of benzene rings is 1. The third kappa shape index (κ3) is 4.07. The summed E-state index contributed by atoms with van der Waals surface area (Å²) in [6.07, 6.45) is 4.37. The van der Waals surface area contributed by atoms with Gasteiger partial charge in [-0.3, -0.25) is 9.78 Å². The van der Waals surface area contributed by atoms with E-state index in [-0.39, 0.29) is 24.6 Å². The molecule has 3 rings (SSSR count). The summed E-state index contributed by atoms with van der Waals surface area (Å²) in [6.45, 7) is 2.83. The minimum atomic E-state index is -0.0227. The Hall–Kier alpha value is -2.40. The van der Waals surface area contributed by atoms with Crippen LogP contribution in [0.3, 0.4) is 0 Å². The lowest BCUT2D eigenvalue weighted by atomic mass is 10.1. The Bertz CT molecular complexity index is 635. The molecule has 0 unspecified atom stereocenters. The summed E-state index contributed by atoms with van der Waals surface area (Å²) >= 11 is 0. The summed E-state index contributed by atoms with van der Waals surface area (Å²) in [5, 5.41) is 6.14. The fraction of sp³-hybridized carbons (Fsp3) is 0.333. The van der Waals surface area contributed by atoms with Gasteiger partial charge in [0, 0.05) is 24.9 Å². The number of rotatable bonds is 6. The number of aromatic nitrogens is 1. The number of fused-ring (bicyclic) bond motifs is 1. The second-order valence-corrected chi connectivity index (χ2v) is 5.74. The second kappa shape index (κ2) is 7.24. The van der Waals surface area contributed by atoms with E-state index in [2.05, 4.69) is 21.7 Å². The van der Waals surface area contributed by atoms with Crippen molar-refractivity contribution in [2.24, 2.45) is 0 Å². The van der Waals surface area contributed by atoms with Crippen molar-refractivity contribution in [3.05, 3.63) is 59.9 Å². The number of nitrogens with one attached hydrogen (secondary N) is 2. The van der Waals surface area contributed by atoms with Crippen LogP contribution < -0.4 is 15.4 Å². The summed E-state index contributed by atoms with van der Waals surface area (Å²) in [7, 11) is 0. The third-order valence-electron chi connectivity index (χ3n) is 4.02. The molecule has 0 saturated carbocycles. The van der Waals surface area contributed by atoms with Gasteiger partial charge < -0.3 is 15.4 Å². The highest BCUT2D eigenvalue weighted by atomic mass is 16.5. The highest BCUT2D eigenvalue weighted by Crippen LogP contribution is 2.27. The van der Waals surface area contributed by atoms with Crippen LogP contribution in [0, 0.1) is 0 Å². The van der Waals surface area contributed by atoms with E-state index in [1.807, 2.05) is 37.3 Å². The largest absolute Gasteiger partial charge is 0.488 e. The van der Waals surface area contributed by atoms with E-state index in [4.69, 9.17) is 4.74 Å². The quantitative estimate of drug-likeness (QED) is 0.854. The van der Waals surface area contributed by atoms with Crippen molar-refractivity contribution in [3.8, 4) is 5.75 Å². The summed E-state index contributed by atoms with van der Waals surface area (Å²) in [6, 6.07) is 12.0. The standard InChI is InChI=1S/C18H21N3O2/c1-13(14-6-8-19-9-7-14)20-12-18(22)21-11-16-10-15-4-2-3-5-17(15)23-16/h2-9,13,16,20H,10-12H2,1H3,(H,21,22)/t13-,16+/m1/s1. The molecule has 1 amide bonds. The average molecular weight is 311 g/mol. The molecule has 1 aromatic heterocycles. The van der Waals surface area contributed by atoms with Crippen molar-refractivity contribution in [2.75, 3.05) is 13.1 Å². The summed E-state index contributed by atoms with van der Waals surface area (Å²) in [4.78, 5) is 16.0. The van der Waals surface area contributed by atoms with Crippen LogP contribution in [0.5, 0.6) is 5.75 Å². The van der Waals surface area contributed by atoms with Gasteiger partial charge in [0.25, 0.3) is 0 Å².